The van der Waals surface area contributed by atoms with Gasteiger partial charge in [0, 0.05) is 26.1 Å². The van der Waals surface area contributed by atoms with Crippen LogP contribution in [0, 0.1) is 6.92 Å². The van der Waals surface area contributed by atoms with Gasteiger partial charge >= 0.3 is 0 Å². The number of rotatable bonds is 3. The lowest BCUT2D eigenvalue weighted by molar-refractivity contribution is 0.0670. The molecule has 6 heteroatoms. The number of carbonyl (C=O) groups is 1. The van der Waals surface area contributed by atoms with Gasteiger partial charge in [-0.05, 0) is 32.7 Å². The fourth-order valence-corrected chi connectivity index (χ4v) is 2.46. The Hall–Kier alpha value is -1.43. The Bertz CT molecular complexity index is 410. The second kappa shape index (κ2) is 5.48. The van der Waals surface area contributed by atoms with Gasteiger partial charge in [0.25, 0.3) is 11.7 Å². The Morgan fingerprint density at radius 2 is 2.06 bits per heavy atom. The van der Waals surface area contributed by atoms with Gasteiger partial charge < -0.3 is 14.7 Å². The van der Waals surface area contributed by atoms with Crippen molar-refractivity contribution in [1.29, 1.82) is 0 Å². The Balaban J connectivity index is 1.95. The number of nitrogens with one attached hydrogen (secondary N) is 1. The van der Waals surface area contributed by atoms with E-state index in [2.05, 4.69) is 15.5 Å². The molecule has 6 nitrogen and oxygen atoms in total. The van der Waals surface area contributed by atoms with Crippen LogP contribution in [-0.2, 0) is 0 Å². The standard InChI is InChI=1S/C12H20N4O2/c1-8-14-11(15-18-8)12(17)16(3)10-6-4-9(13-2)5-7-10/h9-10,13H,4-7H2,1-3H3. The van der Waals surface area contributed by atoms with Crippen molar-refractivity contribution in [2.75, 3.05) is 14.1 Å². The summed E-state index contributed by atoms with van der Waals surface area (Å²) in [6.45, 7) is 1.68. The summed E-state index contributed by atoms with van der Waals surface area (Å²) in [4.78, 5) is 17.9. The molecule has 0 bridgehead atoms. The van der Waals surface area contributed by atoms with Gasteiger partial charge in [0.2, 0.25) is 5.89 Å². The molecule has 0 unspecified atom stereocenters. The zero-order chi connectivity index (χ0) is 13.1. The predicted molar refractivity (Wildman–Crippen MR) is 66.2 cm³/mol. The molecule has 18 heavy (non-hydrogen) atoms. The maximum atomic E-state index is 12.1. The first-order valence-electron chi connectivity index (χ1n) is 6.36. The molecule has 1 fully saturated rings. The molecular weight excluding hydrogens is 232 g/mol. The van der Waals surface area contributed by atoms with Crippen LogP contribution in [0.25, 0.3) is 0 Å². The van der Waals surface area contributed by atoms with Crippen LogP contribution in [0.4, 0.5) is 0 Å². The summed E-state index contributed by atoms with van der Waals surface area (Å²) in [5.41, 5.74) is 0. The molecule has 1 aliphatic rings. The zero-order valence-electron chi connectivity index (χ0n) is 11.1. The van der Waals surface area contributed by atoms with Gasteiger partial charge in [-0.1, -0.05) is 5.16 Å². The van der Waals surface area contributed by atoms with Crippen molar-refractivity contribution in [3.8, 4) is 0 Å². The molecular formula is C12H20N4O2. The average Bonchev–Trinajstić information content (AvgIpc) is 2.84. The Labute approximate surface area is 107 Å². The van der Waals surface area contributed by atoms with Crippen LogP contribution in [0.15, 0.2) is 4.52 Å². The summed E-state index contributed by atoms with van der Waals surface area (Å²) in [6, 6.07) is 0.859. The number of aryl methyl sites for hydroxylation is 1. The lowest BCUT2D eigenvalue weighted by Gasteiger charge is -2.33. The minimum atomic E-state index is -0.153. The third kappa shape index (κ3) is 2.69. The minimum Gasteiger partial charge on any atom is -0.339 e. The summed E-state index contributed by atoms with van der Waals surface area (Å²) >= 11 is 0. The molecule has 0 radical (unpaired) electrons. The highest BCUT2D eigenvalue weighted by Gasteiger charge is 2.28. The van der Waals surface area contributed by atoms with Crippen molar-refractivity contribution >= 4 is 5.91 Å². The molecule has 1 aromatic rings. The number of hydrogen-bond donors (Lipinski definition) is 1. The first-order chi connectivity index (χ1) is 8.61. The van der Waals surface area contributed by atoms with Crippen LogP contribution in [0.5, 0.6) is 0 Å². The fourth-order valence-electron chi connectivity index (χ4n) is 2.46. The number of carbonyl (C=O) groups excluding carboxylic acids is 1. The van der Waals surface area contributed by atoms with Crippen molar-refractivity contribution in [2.45, 2.75) is 44.7 Å². The van der Waals surface area contributed by atoms with E-state index in [9.17, 15) is 4.79 Å². The highest BCUT2D eigenvalue weighted by Crippen LogP contribution is 2.23. The second-order valence-corrected chi connectivity index (χ2v) is 4.85. The second-order valence-electron chi connectivity index (χ2n) is 4.85. The van der Waals surface area contributed by atoms with Crippen molar-refractivity contribution in [3.05, 3.63) is 11.7 Å². The van der Waals surface area contributed by atoms with E-state index in [1.807, 2.05) is 14.1 Å². The number of aromatic nitrogens is 2. The van der Waals surface area contributed by atoms with E-state index in [-0.39, 0.29) is 17.8 Å². The summed E-state index contributed by atoms with van der Waals surface area (Å²) in [5.74, 6) is 0.427. The monoisotopic (exact) mass is 252 g/mol. The van der Waals surface area contributed by atoms with E-state index < -0.39 is 0 Å². The Morgan fingerprint density at radius 3 is 2.56 bits per heavy atom. The molecule has 100 valence electrons. The smallest absolute Gasteiger partial charge is 0.295 e. The molecule has 1 heterocycles. The van der Waals surface area contributed by atoms with Gasteiger partial charge in [0.15, 0.2) is 0 Å². The molecule has 0 atom stereocenters. The van der Waals surface area contributed by atoms with Crippen molar-refractivity contribution in [1.82, 2.24) is 20.4 Å². The van der Waals surface area contributed by atoms with E-state index >= 15 is 0 Å². The van der Waals surface area contributed by atoms with Gasteiger partial charge in [-0.3, -0.25) is 4.79 Å². The number of nitrogens with zero attached hydrogens (tertiary/aromatic N) is 3. The van der Waals surface area contributed by atoms with Gasteiger partial charge in [-0.15, -0.1) is 0 Å². The van der Waals surface area contributed by atoms with Gasteiger partial charge in [0.1, 0.15) is 0 Å². The largest absolute Gasteiger partial charge is 0.339 e. The third-order valence-corrected chi connectivity index (χ3v) is 3.69. The quantitative estimate of drug-likeness (QED) is 0.868. The van der Waals surface area contributed by atoms with Crippen LogP contribution in [-0.4, -0.2) is 47.1 Å². The van der Waals surface area contributed by atoms with E-state index in [0.29, 0.717) is 11.9 Å². The molecule has 1 saturated carbocycles. The summed E-state index contributed by atoms with van der Waals surface area (Å²) in [7, 11) is 3.81. The molecule has 0 saturated heterocycles. The fraction of sp³-hybridized carbons (Fsp3) is 0.750. The first kappa shape index (κ1) is 13.0. The summed E-state index contributed by atoms with van der Waals surface area (Å²) < 4.78 is 4.84. The van der Waals surface area contributed by atoms with Crippen LogP contribution in [0.2, 0.25) is 0 Å². The molecule has 0 aliphatic heterocycles. The molecule has 1 aliphatic carbocycles. The van der Waals surface area contributed by atoms with E-state index in [1.165, 1.54) is 0 Å². The molecule has 1 N–H and O–H groups in total. The maximum Gasteiger partial charge on any atom is 0.295 e. The highest BCUT2D eigenvalue weighted by atomic mass is 16.5. The Morgan fingerprint density at radius 1 is 1.39 bits per heavy atom. The van der Waals surface area contributed by atoms with Crippen LogP contribution in [0.3, 0.4) is 0 Å². The normalized spacial score (nSPS) is 23.9. The van der Waals surface area contributed by atoms with E-state index in [1.54, 1.807) is 11.8 Å². The minimum absolute atomic E-state index is 0.153. The van der Waals surface area contributed by atoms with Crippen LogP contribution in [0.1, 0.15) is 42.2 Å². The van der Waals surface area contributed by atoms with E-state index in [0.717, 1.165) is 25.7 Å². The van der Waals surface area contributed by atoms with Gasteiger partial charge in [-0.25, -0.2) is 0 Å². The molecule has 2 rings (SSSR count). The van der Waals surface area contributed by atoms with E-state index in [4.69, 9.17) is 4.52 Å². The topological polar surface area (TPSA) is 71.3 Å². The van der Waals surface area contributed by atoms with Gasteiger partial charge in [-0.2, -0.15) is 4.98 Å². The lowest BCUT2D eigenvalue weighted by Crippen LogP contribution is -2.42. The number of amides is 1. The zero-order valence-corrected chi connectivity index (χ0v) is 11.1. The van der Waals surface area contributed by atoms with Crippen molar-refractivity contribution in [2.24, 2.45) is 0 Å². The van der Waals surface area contributed by atoms with Crippen molar-refractivity contribution < 1.29 is 9.32 Å². The molecule has 1 amide bonds. The average molecular weight is 252 g/mol. The maximum absolute atomic E-state index is 12.1. The van der Waals surface area contributed by atoms with Crippen LogP contribution >= 0.6 is 0 Å². The molecule has 0 aromatic carbocycles. The third-order valence-electron chi connectivity index (χ3n) is 3.69. The SMILES string of the molecule is CNC1CCC(N(C)C(=O)c2noc(C)n2)CC1. The molecule has 0 spiro atoms. The summed E-state index contributed by atoms with van der Waals surface area (Å²) in [6.07, 6.45) is 4.24. The summed E-state index contributed by atoms with van der Waals surface area (Å²) in [5, 5.41) is 6.96. The van der Waals surface area contributed by atoms with Crippen molar-refractivity contribution in [3.63, 3.8) is 0 Å². The van der Waals surface area contributed by atoms with Crippen LogP contribution < -0.4 is 5.32 Å². The number of hydrogen-bond acceptors (Lipinski definition) is 5. The lowest BCUT2D eigenvalue weighted by atomic mass is 9.90. The first-order valence-corrected chi connectivity index (χ1v) is 6.36. The highest BCUT2D eigenvalue weighted by molar-refractivity contribution is 5.90. The van der Waals surface area contributed by atoms with Gasteiger partial charge in [0.05, 0.1) is 0 Å². The predicted octanol–water partition coefficient (Wildman–Crippen LogP) is 0.981. The molecule has 1 aromatic heterocycles. The Kier molecular flexibility index (Phi) is 3.96.